The highest BCUT2D eigenvalue weighted by Crippen LogP contribution is 2.31. The first-order valence-corrected chi connectivity index (χ1v) is 7.23. The lowest BCUT2D eigenvalue weighted by Crippen LogP contribution is -2.33. The van der Waals surface area contributed by atoms with Crippen LogP contribution in [0.4, 0.5) is 4.39 Å². The third-order valence-electron chi connectivity index (χ3n) is 4.37. The fraction of sp³-hybridized carbons (Fsp3) is 0.625. The van der Waals surface area contributed by atoms with E-state index >= 15 is 0 Å². The molecule has 1 aromatic rings. The van der Waals surface area contributed by atoms with Gasteiger partial charge in [0.1, 0.15) is 5.82 Å². The average Bonchev–Trinajstić information content (AvgIpc) is 2.84. The maximum atomic E-state index is 14.0. The second-order valence-electron chi connectivity index (χ2n) is 6.06. The molecule has 0 aliphatic carbocycles. The summed E-state index contributed by atoms with van der Waals surface area (Å²) in [6.07, 6.45) is 1.20. The van der Waals surface area contributed by atoms with Gasteiger partial charge in [-0.15, -0.1) is 0 Å². The molecular weight excluding hydrogens is 239 g/mol. The average molecular weight is 264 g/mol. The lowest BCUT2D eigenvalue weighted by molar-refractivity contribution is 0.227. The molecule has 0 bridgehead atoms. The topological polar surface area (TPSA) is 29.3 Å². The summed E-state index contributed by atoms with van der Waals surface area (Å²) in [5.41, 5.74) is 7.77. The van der Waals surface area contributed by atoms with Crippen molar-refractivity contribution in [3.8, 4) is 0 Å². The zero-order chi connectivity index (χ0) is 14.0. The van der Waals surface area contributed by atoms with Gasteiger partial charge in [0.2, 0.25) is 0 Å². The number of nitrogens with zero attached hydrogens (tertiary/aromatic N) is 1. The smallest absolute Gasteiger partial charge is 0.128 e. The van der Waals surface area contributed by atoms with Crippen LogP contribution in [-0.2, 0) is 0 Å². The van der Waals surface area contributed by atoms with Gasteiger partial charge in [0.25, 0.3) is 0 Å². The summed E-state index contributed by atoms with van der Waals surface area (Å²) in [5, 5.41) is 0. The van der Waals surface area contributed by atoms with E-state index in [9.17, 15) is 4.39 Å². The lowest BCUT2D eigenvalue weighted by Gasteiger charge is -2.28. The van der Waals surface area contributed by atoms with E-state index in [0.717, 1.165) is 24.2 Å². The maximum absolute atomic E-state index is 14.0. The molecular formula is C16H25FN2. The minimum atomic E-state index is -0.131. The largest absolute Gasteiger partial charge is 0.329 e. The zero-order valence-electron chi connectivity index (χ0n) is 12.2. The molecule has 19 heavy (non-hydrogen) atoms. The molecule has 1 saturated heterocycles. The number of aryl methyl sites for hydroxylation is 1. The van der Waals surface area contributed by atoms with Crippen molar-refractivity contribution < 1.29 is 4.39 Å². The van der Waals surface area contributed by atoms with E-state index < -0.39 is 0 Å². The van der Waals surface area contributed by atoms with Crippen LogP contribution in [0.15, 0.2) is 18.2 Å². The molecule has 1 aliphatic heterocycles. The van der Waals surface area contributed by atoms with Crippen LogP contribution in [0.3, 0.4) is 0 Å². The number of nitrogens with two attached hydrogens (primary N) is 1. The predicted octanol–water partition coefficient (Wildman–Crippen LogP) is 3.11. The molecule has 106 valence electrons. The molecule has 2 N–H and O–H groups in total. The second kappa shape index (κ2) is 6.02. The Balaban J connectivity index is 2.19. The molecule has 3 heteroatoms. The van der Waals surface area contributed by atoms with E-state index in [4.69, 9.17) is 5.73 Å². The van der Waals surface area contributed by atoms with Crippen LogP contribution < -0.4 is 5.73 Å². The molecule has 0 spiro atoms. The highest BCUT2D eigenvalue weighted by atomic mass is 19.1. The number of hydrogen-bond donors (Lipinski definition) is 1. The molecule has 0 amide bonds. The lowest BCUT2D eigenvalue weighted by atomic mass is 9.95. The highest BCUT2D eigenvalue weighted by molar-refractivity contribution is 5.27. The molecule has 1 aromatic carbocycles. The van der Waals surface area contributed by atoms with Crippen LogP contribution >= 0.6 is 0 Å². The summed E-state index contributed by atoms with van der Waals surface area (Å²) in [6.45, 7) is 9.06. The van der Waals surface area contributed by atoms with E-state index in [0.29, 0.717) is 18.4 Å². The number of halogens is 1. The minimum absolute atomic E-state index is 0.0173. The van der Waals surface area contributed by atoms with Gasteiger partial charge in [-0.05, 0) is 37.8 Å². The first-order chi connectivity index (χ1) is 9.02. The summed E-state index contributed by atoms with van der Waals surface area (Å²) < 4.78 is 14.0. The Morgan fingerprint density at radius 2 is 2.16 bits per heavy atom. The monoisotopic (exact) mass is 264 g/mol. The van der Waals surface area contributed by atoms with Crippen molar-refractivity contribution in [1.29, 1.82) is 0 Å². The quantitative estimate of drug-likeness (QED) is 0.905. The molecule has 0 radical (unpaired) electrons. The number of hydrogen-bond acceptors (Lipinski definition) is 2. The first kappa shape index (κ1) is 14.5. The van der Waals surface area contributed by atoms with Crippen LogP contribution in [0.25, 0.3) is 0 Å². The number of likely N-dealkylation sites (tertiary alicyclic amines) is 1. The Kier molecular flexibility index (Phi) is 4.58. The van der Waals surface area contributed by atoms with Crippen LogP contribution in [0.2, 0.25) is 0 Å². The second-order valence-corrected chi connectivity index (χ2v) is 6.06. The molecule has 1 fully saturated rings. The molecule has 0 aromatic heterocycles. The van der Waals surface area contributed by atoms with E-state index in [-0.39, 0.29) is 11.9 Å². The Bertz CT molecular complexity index is 431. The fourth-order valence-electron chi connectivity index (χ4n) is 3.03. The van der Waals surface area contributed by atoms with Gasteiger partial charge in [0, 0.05) is 24.7 Å². The summed E-state index contributed by atoms with van der Waals surface area (Å²) in [7, 11) is 0. The molecule has 2 rings (SSSR count). The van der Waals surface area contributed by atoms with Gasteiger partial charge in [-0.1, -0.05) is 31.5 Å². The van der Waals surface area contributed by atoms with Gasteiger partial charge in [-0.2, -0.15) is 0 Å². The molecule has 1 aliphatic rings. The third-order valence-corrected chi connectivity index (χ3v) is 4.37. The highest BCUT2D eigenvalue weighted by Gasteiger charge is 2.31. The molecule has 2 unspecified atom stereocenters. The van der Waals surface area contributed by atoms with E-state index in [2.05, 4.69) is 18.7 Å². The molecule has 0 saturated carbocycles. The van der Waals surface area contributed by atoms with Gasteiger partial charge >= 0.3 is 0 Å². The van der Waals surface area contributed by atoms with Crippen LogP contribution in [0.5, 0.6) is 0 Å². The SMILES string of the molecule is Cc1ccc(F)c(C(CN)N2CCC(C(C)C)C2)c1. The number of benzene rings is 1. The summed E-state index contributed by atoms with van der Waals surface area (Å²) in [4.78, 5) is 2.35. The van der Waals surface area contributed by atoms with Gasteiger partial charge in [0.05, 0.1) is 0 Å². The molecule has 2 atom stereocenters. The Morgan fingerprint density at radius 1 is 1.42 bits per heavy atom. The molecule has 2 nitrogen and oxygen atoms in total. The van der Waals surface area contributed by atoms with Crippen molar-refractivity contribution in [2.45, 2.75) is 33.2 Å². The van der Waals surface area contributed by atoms with Gasteiger partial charge in [0.15, 0.2) is 0 Å². The van der Waals surface area contributed by atoms with Gasteiger partial charge in [-0.25, -0.2) is 4.39 Å². The standard InChI is InChI=1S/C16H25FN2/c1-11(2)13-6-7-19(10-13)16(9-18)14-8-12(3)4-5-15(14)17/h4-5,8,11,13,16H,6-7,9-10,18H2,1-3H3. The third kappa shape index (κ3) is 3.15. The van der Waals surface area contributed by atoms with E-state index in [1.165, 1.54) is 6.42 Å². The Labute approximate surface area is 115 Å². The van der Waals surface area contributed by atoms with E-state index in [1.54, 1.807) is 6.07 Å². The fourth-order valence-corrected chi connectivity index (χ4v) is 3.03. The van der Waals surface area contributed by atoms with Gasteiger partial charge in [-0.3, -0.25) is 4.90 Å². The van der Waals surface area contributed by atoms with Crippen molar-refractivity contribution in [1.82, 2.24) is 4.90 Å². The van der Waals surface area contributed by atoms with Crippen molar-refractivity contribution in [2.24, 2.45) is 17.6 Å². The summed E-state index contributed by atoms with van der Waals surface area (Å²) in [5.74, 6) is 1.27. The minimum Gasteiger partial charge on any atom is -0.329 e. The normalized spacial score (nSPS) is 22.1. The van der Waals surface area contributed by atoms with Crippen molar-refractivity contribution in [2.75, 3.05) is 19.6 Å². The van der Waals surface area contributed by atoms with Crippen molar-refractivity contribution in [3.63, 3.8) is 0 Å². The number of rotatable bonds is 4. The van der Waals surface area contributed by atoms with Crippen molar-refractivity contribution >= 4 is 0 Å². The first-order valence-electron chi connectivity index (χ1n) is 7.23. The van der Waals surface area contributed by atoms with Crippen LogP contribution in [-0.4, -0.2) is 24.5 Å². The van der Waals surface area contributed by atoms with Crippen molar-refractivity contribution in [3.05, 3.63) is 35.1 Å². The zero-order valence-corrected chi connectivity index (χ0v) is 12.2. The Morgan fingerprint density at radius 3 is 2.74 bits per heavy atom. The summed E-state index contributed by atoms with van der Waals surface area (Å²) >= 11 is 0. The Hall–Kier alpha value is -0.930. The van der Waals surface area contributed by atoms with Gasteiger partial charge < -0.3 is 5.73 Å². The maximum Gasteiger partial charge on any atom is 0.128 e. The predicted molar refractivity (Wildman–Crippen MR) is 77.5 cm³/mol. The van der Waals surface area contributed by atoms with E-state index in [1.807, 2.05) is 19.1 Å². The van der Waals surface area contributed by atoms with Crippen LogP contribution in [0.1, 0.15) is 37.4 Å². The molecule has 1 heterocycles. The van der Waals surface area contributed by atoms with Crippen LogP contribution in [0, 0.1) is 24.6 Å². The summed E-state index contributed by atoms with van der Waals surface area (Å²) in [6, 6.07) is 5.33.